The van der Waals surface area contributed by atoms with Gasteiger partial charge in [0.05, 0.1) is 12.7 Å². The summed E-state index contributed by atoms with van der Waals surface area (Å²) >= 11 is 0. The Kier molecular flexibility index (Phi) is 4.37. The molecule has 0 amide bonds. The molecule has 0 aliphatic heterocycles. The van der Waals surface area contributed by atoms with Crippen LogP contribution >= 0.6 is 0 Å². The van der Waals surface area contributed by atoms with Gasteiger partial charge in [0.15, 0.2) is 6.33 Å². The Morgan fingerprint density at radius 3 is 3.08 bits per heavy atom. The first-order chi connectivity index (χ1) is 6.33. The fourth-order valence-corrected chi connectivity index (χ4v) is 0.835. The van der Waals surface area contributed by atoms with E-state index in [4.69, 9.17) is 14.7 Å². The number of rotatable bonds is 6. The van der Waals surface area contributed by atoms with Crippen LogP contribution in [-0.2, 0) is 6.42 Å². The topological polar surface area (TPSA) is 91.4 Å². The summed E-state index contributed by atoms with van der Waals surface area (Å²) in [7, 11) is 0. The predicted molar refractivity (Wildman–Crippen MR) is 44.0 cm³/mol. The average molecular weight is 187 g/mol. The first-order valence-electron chi connectivity index (χ1n) is 4.08. The highest BCUT2D eigenvalue weighted by molar-refractivity contribution is 4.75. The standard InChI is InChI=1S/C7H13N3O3/c11-4-6(12)3-8-2-1-7-9-5-10-13-7/h5-6,8,11-12H,1-4H2/t6-/m0/s1. The van der Waals surface area contributed by atoms with Crippen LogP contribution in [0.4, 0.5) is 0 Å². The number of aromatic nitrogens is 2. The zero-order chi connectivity index (χ0) is 9.52. The van der Waals surface area contributed by atoms with Crippen LogP contribution in [0, 0.1) is 0 Å². The first kappa shape index (κ1) is 10.1. The fourth-order valence-electron chi connectivity index (χ4n) is 0.835. The summed E-state index contributed by atoms with van der Waals surface area (Å²) in [6.07, 6.45) is 1.26. The molecule has 1 aromatic rings. The van der Waals surface area contributed by atoms with Gasteiger partial charge in [-0.05, 0) is 0 Å². The highest BCUT2D eigenvalue weighted by atomic mass is 16.5. The second-order valence-corrected chi connectivity index (χ2v) is 2.63. The molecule has 0 unspecified atom stereocenters. The SMILES string of the molecule is OC[C@@H](O)CNCCc1ncno1. The summed E-state index contributed by atoms with van der Waals surface area (Å²) in [5.41, 5.74) is 0. The van der Waals surface area contributed by atoms with Crippen LogP contribution in [0.2, 0.25) is 0 Å². The number of aliphatic hydroxyl groups is 2. The second-order valence-electron chi connectivity index (χ2n) is 2.63. The van der Waals surface area contributed by atoms with Gasteiger partial charge in [0.2, 0.25) is 5.89 Å². The molecular weight excluding hydrogens is 174 g/mol. The maximum absolute atomic E-state index is 8.95. The van der Waals surface area contributed by atoms with Crippen molar-refractivity contribution >= 4 is 0 Å². The lowest BCUT2D eigenvalue weighted by molar-refractivity contribution is 0.0945. The Morgan fingerprint density at radius 1 is 1.62 bits per heavy atom. The summed E-state index contributed by atoms with van der Waals surface area (Å²) in [5, 5.41) is 23.8. The van der Waals surface area contributed by atoms with Gasteiger partial charge in [0, 0.05) is 19.5 Å². The molecule has 0 aliphatic rings. The molecule has 6 heteroatoms. The van der Waals surface area contributed by atoms with Crippen LogP contribution in [0.15, 0.2) is 10.9 Å². The number of hydrogen-bond acceptors (Lipinski definition) is 6. The third-order valence-electron chi connectivity index (χ3n) is 1.51. The van der Waals surface area contributed by atoms with E-state index >= 15 is 0 Å². The molecule has 1 rings (SSSR count). The van der Waals surface area contributed by atoms with Gasteiger partial charge in [0.1, 0.15) is 0 Å². The minimum absolute atomic E-state index is 0.229. The van der Waals surface area contributed by atoms with E-state index in [2.05, 4.69) is 15.5 Å². The van der Waals surface area contributed by atoms with Crippen LogP contribution in [0.3, 0.4) is 0 Å². The summed E-state index contributed by atoms with van der Waals surface area (Å²) in [4.78, 5) is 3.82. The Hall–Kier alpha value is -0.980. The molecule has 0 fully saturated rings. The number of nitrogens with one attached hydrogen (secondary N) is 1. The van der Waals surface area contributed by atoms with Crippen molar-refractivity contribution in [1.29, 1.82) is 0 Å². The maximum atomic E-state index is 8.95. The molecule has 0 saturated carbocycles. The molecule has 1 heterocycles. The van der Waals surface area contributed by atoms with Gasteiger partial charge in [0.25, 0.3) is 0 Å². The smallest absolute Gasteiger partial charge is 0.227 e. The van der Waals surface area contributed by atoms with Crippen molar-refractivity contribution in [2.45, 2.75) is 12.5 Å². The van der Waals surface area contributed by atoms with E-state index in [1.807, 2.05) is 0 Å². The molecular formula is C7H13N3O3. The summed E-state index contributed by atoms with van der Waals surface area (Å²) in [6, 6.07) is 0. The highest BCUT2D eigenvalue weighted by Crippen LogP contribution is 1.90. The molecule has 0 saturated heterocycles. The monoisotopic (exact) mass is 187 g/mol. The molecule has 0 aliphatic carbocycles. The van der Waals surface area contributed by atoms with Gasteiger partial charge >= 0.3 is 0 Å². The minimum Gasteiger partial charge on any atom is -0.394 e. The van der Waals surface area contributed by atoms with Crippen molar-refractivity contribution < 1.29 is 14.7 Å². The van der Waals surface area contributed by atoms with Crippen molar-refractivity contribution in [3.8, 4) is 0 Å². The molecule has 3 N–H and O–H groups in total. The zero-order valence-electron chi connectivity index (χ0n) is 7.18. The normalized spacial score (nSPS) is 13.1. The Labute approximate surface area is 75.6 Å². The lowest BCUT2D eigenvalue weighted by Gasteiger charge is -2.06. The zero-order valence-corrected chi connectivity index (χ0v) is 7.18. The van der Waals surface area contributed by atoms with Gasteiger partial charge in [-0.25, -0.2) is 0 Å². The van der Waals surface area contributed by atoms with Gasteiger partial charge < -0.3 is 20.1 Å². The largest absolute Gasteiger partial charge is 0.394 e. The van der Waals surface area contributed by atoms with Crippen molar-refractivity contribution in [3.63, 3.8) is 0 Å². The van der Waals surface area contributed by atoms with Crippen molar-refractivity contribution in [3.05, 3.63) is 12.2 Å². The highest BCUT2D eigenvalue weighted by Gasteiger charge is 2.01. The summed E-state index contributed by atoms with van der Waals surface area (Å²) < 4.78 is 4.75. The maximum Gasteiger partial charge on any atom is 0.227 e. The molecule has 1 aromatic heterocycles. The molecule has 13 heavy (non-hydrogen) atoms. The van der Waals surface area contributed by atoms with Gasteiger partial charge in [-0.3, -0.25) is 0 Å². The van der Waals surface area contributed by atoms with Crippen molar-refractivity contribution in [2.24, 2.45) is 0 Å². The molecule has 0 radical (unpaired) electrons. The molecule has 0 spiro atoms. The van der Waals surface area contributed by atoms with Crippen LogP contribution in [0.5, 0.6) is 0 Å². The molecule has 0 bridgehead atoms. The van der Waals surface area contributed by atoms with Crippen molar-refractivity contribution in [2.75, 3.05) is 19.7 Å². The predicted octanol–water partition coefficient (Wildman–Crippen LogP) is -1.45. The Bertz CT molecular complexity index is 215. The van der Waals surface area contributed by atoms with Crippen molar-refractivity contribution in [1.82, 2.24) is 15.5 Å². The van der Waals surface area contributed by atoms with E-state index in [-0.39, 0.29) is 6.61 Å². The Balaban J connectivity index is 2.02. The average Bonchev–Trinajstić information content (AvgIpc) is 2.64. The number of hydrogen-bond donors (Lipinski definition) is 3. The quantitative estimate of drug-likeness (QED) is 0.472. The van der Waals surface area contributed by atoms with E-state index in [1.165, 1.54) is 6.33 Å². The van der Waals surface area contributed by atoms with E-state index in [9.17, 15) is 0 Å². The van der Waals surface area contributed by atoms with E-state index in [0.29, 0.717) is 25.4 Å². The lowest BCUT2D eigenvalue weighted by atomic mass is 10.3. The third kappa shape index (κ3) is 3.97. The molecule has 1 atom stereocenters. The fraction of sp³-hybridized carbons (Fsp3) is 0.714. The number of aliphatic hydroxyl groups excluding tert-OH is 2. The van der Waals surface area contributed by atoms with Crippen LogP contribution < -0.4 is 5.32 Å². The Morgan fingerprint density at radius 2 is 2.46 bits per heavy atom. The number of nitrogens with zero attached hydrogens (tertiary/aromatic N) is 2. The minimum atomic E-state index is -0.706. The van der Waals surface area contributed by atoms with Crippen LogP contribution in [-0.4, -0.2) is 46.2 Å². The second kappa shape index (κ2) is 5.63. The summed E-state index contributed by atoms with van der Waals surface area (Å²) in [6.45, 7) is 0.775. The molecule has 0 aromatic carbocycles. The van der Waals surface area contributed by atoms with Gasteiger partial charge in [-0.15, -0.1) is 0 Å². The van der Waals surface area contributed by atoms with E-state index in [1.54, 1.807) is 0 Å². The van der Waals surface area contributed by atoms with Crippen LogP contribution in [0.1, 0.15) is 5.89 Å². The molecule has 74 valence electrons. The summed E-state index contributed by atoms with van der Waals surface area (Å²) in [5.74, 6) is 0.561. The van der Waals surface area contributed by atoms with Crippen LogP contribution in [0.25, 0.3) is 0 Å². The lowest BCUT2D eigenvalue weighted by Crippen LogP contribution is -2.30. The van der Waals surface area contributed by atoms with E-state index in [0.717, 1.165) is 0 Å². The first-order valence-corrected chi connectivity index (χ1v) is 4.08. The molecule has 6 nitrogen and oxygen atoms in total. The van der Waals surface area contributed by atoms with Gasteiger partial charge in [-0.1, -0.05) is 5.16 Å². The van der Waals surface area contributed by atoms with E-state index < -0.39 is 6.10 Å². The third-order valence-corrected chi connectivity index (χ3v) is 1.51. The van der Waals surface area contributed by atoms with Gasteiger partial charge in [-0.2, -0.15) is 4.98 Å².